The lowest BCUT2D eigenvalue weighted by molar-refractivity contribution is -0.121. The van der Waals surface area contributed by atoms with Crippen LogP contribution < -0.4 is 9.80 Å². The fourth-order valence-corrected chi connectivity index (χ4v) is 1.92. The third-order valence-electron chi connectivity index (χ3n) is 2.84. The maximum absolute atomic E-state index is 11.5. The van der Waals surface area contributed by atoms with Crippen LogP contribution in [0.2, 0.25) is 0 Å². The van der Waals surface area contributed by atoms with Gasteiger partial charge < -0.3 is 0 Å². The Morgan fingerprint density at radius 3 is 1.65 bits per heavy atom. The number of imide groups is 2. The highest BCUT2D eigenvalue weighted by molar-refractivity contribution is 6.29. The molecule has 0 aliphatic carbocycles. The Labute approximate surface area is 112 Å². The van der Waals surface area contributed by atoms with E-state index < -0.39 is 23.6 Å². The summed E-state index contributed by atoms with van der Waals surface area (Å²) in [7, 11) is 0. The predicted molar refractivity (Wildman–Crippen MR) is 67.5 cm³/mol. The molecule has 3 heterocycles. The average molecular weight is 269 g/mol. The molecule has 98 valence electrons. The lowest BCUT2D eigenvalue weighted by Crippen LogP contribution is -2.31. The molecule has 7 nitrogen and oxygen atoms in total. The van der Waals surface area contributed by atoms with Gasteiger partial charge in [0.25, 0.3) is 23.6 Å². The van der Waals surface area contributed by atoms with Gasteiger partial charge in [-0.05, 0) is 12.1 Å². The van der Waals surface area contributed by atoms with Gasteiger partial charge in [-0.2, -0.15) is 0 Å². The SMILES string of the molecule is O=C1C=CC(=O)N1c1ccc(N2C(=O)C=CC2=O)nc1. The molecule has 0 saturated heterocycles. The van der Waals surface area contributed by atoms with Crippen LogP contribution in [-0.4, -0.2) is 28.6 Å². The number of pyridine rings is 1. The summed E-state index contributed by atoms with van der Waals surface area (Å²) in [5, 5.41) is 0. The summed E-state index contributed by atoms with van der Waals surface area (Å²) in [6, 6.07) is 2.85. The van der Waals surface area contributed by atoms with E-state index in [2.05, 4.69) is 4.98 Å². The third kappa shape index (κ3) is 1.72. The van der Waals surface area contributed by atoms with Gasteiger partial charge in [-0.1, -0.05) is 0 Å². The standard InChI is InChI=1S/C13H7N3O4/c17-10-3-4-11(18)15(10)8-1-2-9(14-7-8)16-12(19)5-6-13(16)20/h1-7H. The molecule has 0 unspecified atom stereocenters. The number of anilines is 2. The summed E-state index contributed by atoms with van der Waals surface area (Å²) in [5.74, 6) is -1.74. The molecule has 0 radical (unpaired) electrons. The van der Waals surface area contributed by atoms with E-state index in [0.717, 1.165) is 34.1 Å². The molecular weight excluding hydrogens is 262 g/mol. The van der Waals surface area contributed by atoms with Crippen molar-refractivity contribution in [1.82, 2.24) is 4.98 Å². The second-order valence-electron chi connectivity index (χ2n) is 4.07. The quantitative estimate of drug-likeness (QED) is 0.702. The highest BCUT2D eigenvalue weighted by atomic mass is 16.2. The topological polar surface area (TPSA) is 87.7 Å². The molecule has 1 aromatic heterocycles. The summed E-state index contributed by atoms with van der Waals surface area (Å²) >= 11 is 0. The zero-order valence-corrected chi connectivity index (χ0v) is 10.0. The van der Waals surface area contributed by atoms with Crippen LogP contribution in [0.15, 0.2) is 42.6 Å². The van der Waals surface area contributed by atoms with Crippen molar-refractivity contribution in [1.29, 1.82) is 0 Å². The fraction of sp³-hybridized carbons (Fsp3) is 0. The summed E-state index contributed by atoms with van der Waals surface area (Å²) in [6.07, 6.45) is 5.88. The van der Waals surface area contributed by atoms with Gasteiger partial charge in [-0.25, -0.2) is 14.8 Å². The molecule has 0 aromatic carbocycles. The maximum atomic E-state index is 11.5. The van der Waals surface area contributed by atoms with Crippen LogP contribution in [0, 0.1) is 0 Å². The van der Waals surface area contributed by atoms with Crippen molar-refractivity contribution in [2.75, 3.05) is 9.80 Å². The van der Waals surface area contributed by atoms with E-state index in [1.54, 1.807) is 0 Å². The summed E-state index contributed by atoms with van der Waals surface area (Å²) in [5.41, 5.74) is 0.279. The van der Waals surface area contributed by atoms with Crippen molar-refractivity contribution in [2.45, 2.75) is 0 Å². The van der Waals surface area contributed by atoms with Crippen molar-refractivity contribution in [2.24, 2.45) is 0 Å². The molecule has 7 heteroatoms. The van der Waals surface area contributed by atoms with Crippen molar-refractivity contribution in [3.8, 4) is 0 Å². The summed E-state index contributed by atoms with van der Waals surface area (Å²) in [4.78, 5) is 51.7. The minimum Gasteiger partial charge on any atom is -0.269 e. The van der Waals surface area contributed by atoms with E-state index in [-0.39, 0.29) is 11.5 Å². The van der Waals surface area contributed by atoms with E-state index in [4.69, 9.17) is 0 Å². The molecule has 0 spiro atoms. The number of rotatable bonds is 2. The molecule has 0 bridgehead atoms. The minimum absolute atomic E-state index is 0.140. The molecule has 3 rings (SSSR count). The molecular formula is C13H7N3O4. The molecule has 4 amide bonds. The second kappa shape index (κ2) is 4.23. The Morgan fingerprint density at radius 2 is 1.20 bits per heavy atom. The fourth-order valence-electron chi connectivity index (χ4n) is 1.92. The number of hydrogen-bond acceptors (Lipinski definition) is 5. The van der Waals surface area contributed by atoms with Crippen LogP contribution in [0.3, 0.4) is 0 Å². The van der Waals surface area contributed by atoms with Gasteiger partial charge in [-0.3, -0.25) is 19.2 Å². The number of aromatic nitrogens is 1. The largest absolute Gasteiger partial charge is 0.269 e. The smallest absolute Gasteiger partial charge is 0.259 e. The van der Waals surface area contributed by atoms with Gasteiger partial charge in [0.2, 0.25) is 0 Å². The molecule has 2 aliphatic heterocycles. The van der Waals surface area contributed by atoms with Crippen LogP contribution in [0.1, 0.15) is 0 Å². The van der Waals surface area contributed by atoms with Gasteiger partial charge in [0, 0.05) is 24.3 Å². The average Bonchev–Trinajstić information content (AvgIpc) is 2.94. The van der Waals surface area contributed by atoms with E-state index in [1.165, 1.54) is 18.3 Å². The van der Waals surface area contributed by atoms with Crippen LogP contribution >= 0.6 is 0 Å². The summed E-state index contributed by atoms with van der Waals surface area (Å²) < 4.78 is 0. The Hall–Kier alpha value is -3.09. The Balaban J connectivity index is 1.89. The van der Waals surface area contributed by atoms with E-state index in [0.29, 0.717) is 0 Å². The normalized spacial score (nSPS) is 17.8. The van der Waals surface area contributed by atoms with E-state index in [1.807, 2.05) is 0 Å². The minimum atomic E-state index is -0.481. The van der Waals surface area contributed by atoms with Gasteiger partial charge in [-0.15, -0.1) is 0 Å². The predicted octanol–water partition coefficient (Wildman–Crippen LogP) is -0.0596. The molecule has 0 atom stereocenters. The monoisotopic (exact) mass is 269 g/mol. The molecule has 2 aliphatic rings. The van der Waals surface area contributed by atoms with Gasteiger partial charge >= 0.3 is 0 Å². The highest BCUT2D eigenvalue weighted by Crippen LogP contribution is 2.22. The number of hydrogen-bond donors (Lipinski definition) is 0. The van der Waals surface area contributed by atoms with Crippen LogP contribution in [-0.2, 0) is 19.2 Å². The Kier molecular flexibility index (Phi) is 2.53. The first kappa shape index (κ1) is 12.0. The van der Waals surface area contributed by atoms with Gasteiger partial charge in [0.05, 0.1) is 11.9 Å². The summed E-state index contributed by atoms with van der Waals surface area (Å²) in [6.45, 7) is 0. The first-order chi connectivity index (χ1) is 9.58. The van der Waals surface area contributed by atoms with Crippen LogP contribution in [0.5, 0.6) is 0 Å². The zero-order chi connectivity index (χ0) is 14.3. The van der Waals surface area contributed by atoms with Crippen molar-refractivity contribution >= 4 is 35.1 Å². The van der Waals surface area contributed by atoms with Crippen molar-refractivity contribution < 1.29 is 19.2 Å². The first-order valence-electron chi connectivity index (χ1n) is 5.66. The van der Waals surface area contributed by atoms with Crippen molar-refractivity contribution in [3.63, 3.8) is 0 Å². The zero-order valence-electron chi connectivity index (χ0n) is 10.0. The van der Waals surface area contributed by atoms with E-state index in [9.17, 15) is 19.2 Å². The number of carbonyl (C=O) groups excluding carboxylic acids is 4. The van der Waals surface area contributed by atoms with E-state index >= 15 is 0 Å². The molecule has 0 saturated carbocycles. The number of nitrogens with zero attached hydrogens (tertiary/aromatic N) is 3. The van der Waals surface area contributed by atoms with Crippen LogP contribution in [0.4, 0.5) is 11.5 Å². The lowest BCUT2D eigenvalue weighted by atomic mass is 10.3. The number of amides is 4. The Bertz CT molecular complexity index is 606. The molecule has 20 heavy (non-hydrogen) atoms. The molecule has 1 aromatic rings. The highest BCUT2D eigenvalue weighted by Gasteiger charge is 2.28. The number of carbonyl (C=O) groups is 4. The third-order valence-corrected chi connectivity index (χ3v) is 2.84. The van der Waals surface area contributed by atoms with Crippen molar-refractivity contribution in [3.05, 3.63) is 42.6 Å². The van der Waals surface area contributed by atoms with Gasteiger partial charge in [0.1, 0.15) is 5.82 Å². The molecule has 0 N–H and O–H groups in total. The molecule has 0 fully saturated rings. The Morgan fingerprint density at radius 1 is 0.700 bits per heavy atom. The first-order valence-corrected chi connectivity index (χ1v) is 5.66. The van der Waals surface area contributed by atoms with Crippen LogP contribution in [0.25, 0.3) is 0 Å². The van der Waals surface area contributed by atoms with Gasteiger partial charge in [0.15, 0.2) is 0 Å². The maximum Gasteiger partial charge on any atom is 0.259 e. The lowest BCUT2D eigenvalue weighted by Gasteiger charge is -2.16. The second-order valence-corrected chi connectivity index (χ2v) is 4.07.